The zero-order chi connectivity index (χ0) is 31.5. The minimum atomic E-state index is -0.671. The summed E-state index contributed by atoms with van der Waals surface area (Å²) in [5.74, 6) is -0.980. The Morgan fingerprint density at radius 3 is 2.30 bits per heavy atom. The van der Waals surface area contributed by atoms with Gasteiger partial charge < -0.3 is 14.8 Å². The lowest BCUT2D eigenvalue weighted by molar-refractivity contribution is -0.384. The third kappa shape index (κ3) is 8.70. The monoisotopic (exact) mass is 592 g/mol. The van der Waals surface area contributed by atoms with E-state index in [4.69, 9.17) is 9.47 Å². The molecule has 0 aliphatic heterocycles. The van der Waals surface area contributed by atoms with E-state index in [-0.39, 0.29) is 23.1 Å². The van der Waals surface area contributed by atoms with Gasteiger partial charge in [-0.15, -0.1) is 0 Å². The molecule has 0 spiro atoms. The van der Waals surface area contributed by atoms with Crippen molar-refractivity contribution in [2.75, 3.05) is 11.9 Å². The number of ether oxygens (including phenoxy) is 2. The predicted molar refractivity (Wildman–Crippen MR) is 166 cm³/mol. The van der Waals surface area contributed by atoms with Gasteiger partial charge in [-0.25, -0.2) is 10.2 Å². The molecule has 11 nitrogen and oxygen atoms in total. The Morgan fingerprint density at radius 2 is 1.59 bits per heavy atom. The first-order valence-corrected chi connectivity index (χ1v) is 13.4. The number of non-ortho nitro benzene ring substituents is 1. The zero-order valence-electron chi connectivity index (χ0n) is 23.9. The molecule has 11 heteroatoms. The number of amides is 2. The van der Waals surface area contributed by atoms with Crippen LogP contribution >= 0.6 is 0 Å². The van der Waals surface area contributed by atoms with E-state index in [0.717, 1.165) is 5.56 Å². The van der Waals surface area contributed by atoms with Crippen molar-refractivity contribution < 1.29 is 28.8 Å². The fourth-order valence-electron chi connectivity index (χ4n) is 3.85. The Kier molecular flexibility index (Phi) is 10.3. The number of nitrogens with zero attached hydrogens (tertiary/aromatic N) is 2. The van der Waals surface area contributed by atoms with Gasteiger partial charge >= 0.3 is 5.97 Å². The van der Waals surface area contributed by atoms with Crippen LogP contribution in [0.5, 0.6) is 11.5 Å². The van der Waals surface area contributed by atoms with Crippen LogP contribution in [0.4, 0.5) is 11.4 Å². The van der Waals surface area contributed by atoms with Crippen molar-refractivity contribution in [3.63, 3.8) is 0 Å². The van der Waals surface area contributed by atoms with Crippen LogP contribution in [-0.2, 0) is 4.79 Å². The molecule has 0 aliphatic carbocycles. The minimum Gasteiger partial charge on any atom is -0.490 e. The summed E-state index contributed by atoms with van der Waals surface area (Å²) >= 11 is 0. The SMILES string of the molecule is CCOc1cc(C=NNC(=O)c2cccc(NC(=O)c3ccc(C)cc3)c2)ccc1OC(=O)/C=C/c1ccc([N+](=O)[O-])cc1. The molecule has 2 amide bonds. The molecular weight excluding hydrogens is 564 g/mol. The van der Waals surface area contributed by atoms with E-state index in [0.29, 0.717) is 34.5 Å². The molecular formula is C33H28N4O7. The van der Waals surface area contributed by atoms with Crippen LogP contribution in [-0.4, -0.2) is 35.5 Å². The lowest BCUT2D eigenvalue weighted by Crippen LogP contribution is -2.18. The second-order valence-electron chi connectivity index (χ2n) is 9.34. The molecule has 0 heterocycles. The molecule has 2 N–H and O–H groups in total. The summed E-state index contributed by atoms with van der Waals surface area (Å²) in [4.78, 5) is 47.9. The molecule has 0 bridgehead atoms. The summed E-state index contributed by atoms with van der Waals surface area (Å²) in [7, 11) is 0. The summed E-state index contributed by atoms with van der Waals surface area (Å²) in [5.41, 5.74) is 5.85. The maximum absolute atomic E-state index is 12.7. The molecule has 4 aromatic carbocycles. The van der Waals surface area contributed by atoms with Crippen molar-refractivity contribution in [1.29, 1.82) is 0 Å². The zero-order valence-corrected chi connectivity index (χ0v) is 23.9. The molecule has 44 heavy (non-hydrogen) atoms. The van der Waals surface area contributed by atoms with Crippen LogP contribution in [0.25, 0.3) is 6.08 Å². The second kappa shape index (κ2) is 14.7. The van der Waals surface area contributed by atoms with E-state index in [1.807, 2.05) is 19.1 Å². The number of hydrogen-bond acceptors (Lipinski definition) is 8. The number of anilines is 1. The third-order valence-electron chi connectivity index (χ3n) is 6.07. The molecule has 0 atom stereocenters. The standard InChI is InChI=1S/C33H28N4O7/c1-3-43-30-19-24(11-17-29(30)44-31(38)18-12-23-9-15-28(16-10-23)37(41)42)21-34-36-33(40)26-5-4-6-27(20-26)35-32(39)25-13-7-22(2)8-14-25/h4-21H,3H2,1-2H3,(H,35,39)(H,36,40)/b18-12+,34-21?. The van der Waals surface area contributed by atoms with E-state index in [1.165, 1.54) is 48.7 Å². The number of hydrazone groups is 1. The van der Waals surface area contributed by atoms with Gasteiger partial charge in [-0.3, -0.25) is 19.7 Å². The van der Waals surface area contributed by atoms with Crippen molar-refractivity contribution >= 4 is 41.4 Å². The van der Waals surface area contributed by atoms with Gasteiger partial charge in [0.2, 0.25) is 0 Å². The molecule has 4 aromatic rings. The largest absolute Gasteiger partial charge is 0.490 e. The number of nitrogens with one attached hydrogen (secondary N) is 2. The first-order chi connectivity index (χ1) is 21.2. The van der Waals surface area contributed by atoms with Crippen LogP contribution < -0.4 is 20.2 Å². The van der Waals surface area contributed by atoms with Gasteiger partial charge in [-0.05, 0) is 91.7 Å². The van der Waals surface area contributed by atoms with Gasteiger partial charge in [-0.2, -0.15) is 5.10 Å². The van der Waals surface area contributed by atoms with Gasteiger partial charge in [0, 0.05) is 35.0 Å². The van der Waals surface area contributed by atoms with Gasteiger partial charge in [-0.1, -0.05) is 23.8 Å². The highest BCUT2D eigenvalue weighted by Crippen LogP contribution is 2.28. The highest BCUT2D eigenvalue weighted by Gasteiger charge is 2.11. The Morgan fingerprint density at radius 1 is 0.864 bits per heavy atom. The molecule has 0 unspecified atom stereocenters. The normalized spacial score (nSPS) is 10.9. The fourth-order valence-corrected chi connectivity index (χ4v) is 3.85. The first-order valence-electron chi connectivity index (χ1n) is 13.4. The Bertz CT molecular complexity index is 1730. The van der Waals surface area contributed by atoms with E-state index in [2.05, 4.69) is 15.8 Å². The fraction of sp³-hybridized carbons (Fsp3) is 0.0909. The van der Waals surface area contributed by atoms with Gasteiger partial charge in [0.15, 0.2) is 11.5 Å². The Labute approximate surface area is 253 Å². The van der Waals surface area contributed by atoms with Crippen LogP contribution in [0.2, 0.25) is 0 Å². The number of benzene rings is 4. The van der Waals surface area contributed by atoms with E-state index >= 15 is 0 Å². The second-order valence-corrected chi connectivity index (χ2v) is 9.34. The summed E-state index contributed by atoms with van der Waals surface area (Å²) < 4.78 is 11.0. The van der Waals surface area contributed by atoms with Gasteiger partial charge in [0.25, 0.3) is 17.5 Å². The smallest absolute Gasteiger partial charge is 0.336 e. The number of hydrogen-bond donors (Lipinski definition) is 2. The van der Waals surface area contributed by atoms with Crippen molar-refractivity contribution in [3.8, 4) is 11.5 Å². The lowest BCUT2D eigenvalue weighted by atomic mass is 10.1. The molecule has 222 valence electrons. The molecule has 0 fully saturated rings. The Balaban J connectivity index is 1.36. The lowest BCUT2D eigenvalue weighted by Gasteiger charge is -2.10. The van der Waals surface area contributed by atoms with E-state index in [1.54, 1.807) is 55.5 Å². The summed E-state index contributed by atoms with van der Waals surface area (Å²) in [6.45, 7) is 4.01. The minimum absolute atomic E-state index is 0.0527. The average molecular weight is 593 g/mol. The molecule has 0 aromatic heterocycles. The molecule has 0 aliphatic rings. The summed E-state index contributed by atoms with van der Waals surface area (Å²) in [6, 6.07) is 24.1. The quantitative estimate of drug-likeness (QED) is 0.0547. The number of aryl methyl sites for hydroxylation is 1. The highest BCUT2D eigenvalue weighted by atomic mass is 16.6. The van der Waals surface area contributed by atoms with Gasteiger partial charge in [0.1, 0.15) is 0 Å². The van der Waals surface area contributed by atoms with E-state index < -0.39 is 16.8 Å². The van der Waals surface area contributed by atoms with Crippen LogP contribution in [0, 0.1) is 17.0 Å². The molecule has 0 saturated carbocycles. The van der Waals surface area contributed by atoms with E-state index in [9.17, 15) is 24.5 Å². The van der Waals surface area contributed by atoms with Crippen molar-refractivity contribution in [2.45, 2.75) is 13.8 Å². The summed E-state index contributed by atoms with van der Waals surface area (Å²) in [6.07, 6.45) is 4.08. The number of carbonyl (C=O) groups excluding carboxylic acids is 3. The molecule has 4 rings (SSSR count). The highest BCUT2D eigenvalue weighted by molar-refractivity contribution is 6.05. The number of carbonyl (C=O) groups is 3. The van der Waals surface area contributed by atoms with Crippen LogP contribution in [0.3, 0.4) is 0 Å². The number of esters is 1. The van der Waals surface area contributed by atoms with Crippen molar-refractivity contribution in [3.05, 3.63) is 135 Å². The third-order valence-corrected chi connectivity index (χ3v) is 6.07. The number of nitro benzene ring substituents is 1. The van der Waals surface area contributed by atoms with Crippen LogP contribution in [0.15, 0.2) is 102 Å². The van der Waals surface area contributed by atoms with Gasteiger partial charge in [0.05, 0.1) is 17.7 Å². The predicted octanol–water partition coefficient (Wildman–Crippen LogP) is 5.94. The maximum Gasteiger partial charge on any atom is 0.336 e. The topological polar surface area (TPSA) is 149 Å². The Hall–Kier alpha value is -6.10. The number of nitro groups is 1. The van der Waals surface area contributed by atoms with Crippen LogP contribution in [0.1, 0.15) is 44.3 Å². The number of rotatable bonds is 11. The first kappa shape index (κ1) is 30.8. The van der Waals surface area contributed by atoms with Crippen molar-refractivity contribution in [1.82, 2.24) is 5.43 Å². The molecule has 0 saturated heterocycles. The maximum atomic E-state index is 12.7. The average Bonchev–Trinajstić information content (AvgIpc) is 3.02. The van der Waals surface area contributed by atoms with Crippen molar-refractivity contribution in [2.24, 2.45) is 5.10 Å². The molecule has 0 radical (unpaired) electrons. The summed E-state index contributed by atoms with van der Waals surface area (Å²) in [5, 5.41) is 17.6.